The van der Waals surface area contributed by atoms with Gasteiger partial charge in [0.1, 0.15) is 0 Å². The van der Waals surface area contributed by atoms with Crippen molar-refractivity contribution < 1.29 is 0 Å². The highest BCUT2D eigenvalue weighted by Gasteiger charge is 2.20. The summed E-state index contributed by atoms with van der Waals surface area (Å²) < 4.78 is 0. The molecule has 4 heteroatoms. The molecule has 1 aliphatic rings. The van der Waals surface area contributed by atoms with Gasteiger partial charge in [-0.3, -0.25) is 0 Å². The number of nitrogens with zero attached hydrogens (tertiary/aromatic N) is 3. The third-order valence-electron chi connectivity index (χ3n) is 3.24. The van der Waals surface area contributed by atoms with Crippen molar-refractivity contribution in [2.75, 3.05) is 11.4 Å². The van der Waals surface area contributed by atoms with Crippen LogP contribution in [0, 0.1) is 0 Å². The van der Waals surface area contributed by atoms with Crippen LogP contribution in [0.2, 0.25) is 0 Å². The molecule has 1 fully saturated rings. The summed E-state index contributed by atoms with van der Waals surface area (Å²) in [6.45, 7) is 8.45. The number of aromatic nitrogens is 2. The van der Waals surface area contributed by atoms with Gasteiger partial charge in [-0.2, -0.15) is 5.10 Å². The van der Waals surface area contributed by atoms with E-state index in [1.807, 2.05) is 0 Å². The molecule has 0 amide bonds. The molecule has 1 aliphatic carbocycles. The van der Waals surface area contributed by atoms with E-state index in [1.165, 1.54) is 12.8 Å². The molecule has 0 saturated heterocycles. The van der Waals surface area contributed by atoms with Gasteiger partial charge in [0.2, 0.25) is 0 Å². The lowest BCUT2D eigenvalue weighted by molar-refractivity contribution is 0.642. The first-order chi connectivity index (χ1) is 8.70. The van der Waals surface area contributed by atoms with Crippen LogP contribution in [0.3, 0.4) is 0 Å². The minimum atomic E-state index is 0.467. The first-order valence-corrected chi connectivity index (χ1v) is 7.03. The van der Waals surface area contributed by atoms with Crippen LogP contribution in [0.25, 0.3) is 0 Å². The van der Waals surface area contributed by atoms with Crippen LogP contribution in [0.15, 0.2) is 12.1 Å². The Morgan fingerprint density at radius 2 is 2.11 bits per heavy atom. The zero-order chi connectivity index (χ0) is 13.0. The molecular formula is C14H24N4. The molecule has 0 aromatic carbocycles. The van der Waals surface area contributed by atoms with Crippen LogP contribution in [-0.2, 0) is 6.54 Å². The van der Waals surface area contributed by atoms with E-state index in [1.54, 1.807) is 0 Å². The van der Waals surface area contributed by atoms with Crippen molar-refractivity contribution >= 4 is 5.82 Å². The normalized spacial score (nSPS) is 15.1. The fourth-order valence-corrected chi connectivity index (χ4v) is 2.01. The van der Waals surface area contributed by atoms with Gasteiger partial charge >= 0.3 is 0 Å². The lowest BCUT2D eigenvalue weighted by Gasteiger charge is -2.26. The maximum atomic E-state index is 4.35. The van der Waals surface area contributed by atoms with Gasteiger partial charge in [-0.1, -0.05) is 6.92 Å². The van der Waals surface area contributed by atoms with Crippen molar-refractivity contribution in [3.63, 3.8) is 0 Å². The smallest absolute Gasteiger partial charge is 0.151 e. The van der Waals surface area contributed by atoms with E-state index in [-0.39, 0.29) is 0 Å². The number of hydrogen-bond acceptors (Lipinski definition) is 4. The SMILES string of the molecule is CCCN(c1ccc(CNC2CC2)nn1)C(C)C. The lowest BCUT2D eigenvalue weighted by Crippen LogP contribution is -2.32. The molecule has 0 spiro atoms. The first-order valence-electron chi connectivity index (χ1n) is 7.03. The van der Waals surface area contributed by atoms with Gasteiger partial charge in [0, 0.05) is 25.2 Å². The summed E-state index contributed by atoms with van der Waals surface area (Å²) in [7, 11) is 0. The van der Waals surface area contributed by atoms with Crippen molar-refractivity contribution in [1.82, 2.24) is 15.5 Å². The molecule has 0 atom stereocenters. The summed E-state index contributed by atoms with van der Waals surface area (Å²) in [5.41, 5.74) is 1.03. The summed E-state index contributed by atoms with van der Waals surface area (Å²) in [6.07, 6.45) is 3.75. The summed E-state index contributed by atoms with van der Waals surface area (Å²) in [5, 5.41) is 12.1. The zero-order valence-corrected chi connectivity index (χ0v) is 11.7. The van der Waals surface area contributed by atoms with Crippen LogP contribution in [-0.4, -0.2) is 28.8 Å². The highest BCUT2D eigenvalue weighted by Crippen LogP contribution is 2.19. The quantitative estimate of drug-likeness (QED) is 0.804. The molecule has 1 aromatic rings. The van der Waals surface area contributed by atoms with Gasteiger partial charge < -0.3 is 10.2 Å². The van der Waals surface area contributed by atoms with Gasteiger partial charge in [-0.25, -0.2) is 0 Å². The van der Waals surface area contributed by atoms with Crippen molar-refractivity contribution in [1.29, 1.82) is 0 Å². The van der Waals surface area contributed by atoms with Gasteiger partial charge in [0.15, 0.2) is 5.82 Å². The Bertz CT molecular complexity index is 357. The highest BCUT2D eigenvalue weighted by molar-refractivity contribution is 5.38. The third-order valence-corrected chi connectivity index (χ3v) is 3.24. The predicted molar refractivity (Wildman–Crippen MR) is 74.7 cm³/mol. The van der Waals surface area contributed by atoms with Crippen LogP contribution in [0.1, 0.15) is 45.7 Å². The van der Waals surface area contributed by atoms with Crippen LogP contribution < -0.4 is 10.2 Å². The van der Waals surface area contributed by atoms with Crippen LogP contribution >= 0.6 is 0 Å². The monoisotopic (exact) mass is 248 g/mol. The Kier molecular flexibility index (Phi) is 4.53. The lowest BCUT2D eigenvalue weighted by atomic mass is 10.2. The Hall–Kier alpha value is -1.16. The second kappa shape index (κ2) is 6.14. The second-order valence-corrected chi connectivity index (χ2v) is 5.33. The molecule has 0 radical (unpaired) electrons. The number of anilines is 1. The molecule has 100 valence electrons. The number of nitrogens with one attached hydrogen (secondary N) is 1. The van der Waals surface area contributed by atoms with Crippen molar-refractivity contribution in [3.8, 4) is 0 Å². The summed E-state index contributed by atoms with van der Waals surface area (Å²) >= 11 is 0. The van der Waals surface area contributed by atoms with Crippen LogP contribution in [0.5, 0.6) is 0 Å². The van der Waals surface area contributed by atoms with E-state index in [9.17, 15) is 0 Å². The standard InChI is InChI=1S/C14H24N4/c1-4-9-18(11(2)3)14-8-7-13(16-17-14)10-15-12-5-6-12/h7-8,11-12,15H,4-6,9-10H2,1-3H3. The average molecular weight is 248 g/mol. The second-order valence-electron chi connectivity index (χ2n) is 5.33. The molecule has 1 N–H and O–H groups in total. The Balaban J connectivity index is 1.95. The maximum Gasteiger partial charge on any atom is 0.151 e. The first kappa shape index (κ1) is 13.3. The van der Waals surface area contributed by atoms with Crippen molar-refractivity contribution in [3.05, 3.63) is 17.8 Å². The largest absolute Gasteiger partial charge is 0.353 e. The van der Waals surface area contributed by atoms with Crippen LogP contribution in [0.4, 0.5) is 5.82 Å². The highest BCUT2D eigenvalue weighted by atomic mass is 15.3. The molecule has 2 rings (SSSR count). The van der Waals surface area contributed by atoms with E-state index in [4.69, 9.17) is 0 Å². The number of rotatable bonds is 7. The topological polar surface area (TPSA) is 41.0 Å². The van der Waals surface area contributed by atoms with Gasteiger partial charge in [0.25, 0.3) is 0 Å². The molecule has 0 unspecified atom stereocenters. The average Bonchev–Trinajstić information content (AvgIpc) is 3.18. The van der Waals surface area contributed by atoms with Crippen molar-refractivity contribution in [2.45, 2.75) is 58.7 Å². The fraction of sp³-hybridized carbons (Fsp3) is 0.714. The van der Waals surface area contributed by atoms with E-state index >= 15 is 0 Å². The van der Waals surface area contributed by atoms with Gasteiger partial charge in [0.05, 0.1) is 5.69 Å². The zero-order valence-electron chi connectivity index (χ0n) is 11.7. The predicted octanol–water partition coefficient (Wildman–Crippen LogP) is 2.35. The molecule has 4 nitrogen and oxygen atoms in total. The summed E-state index contributed by atoms with van der Waals surface area (Å²) in [6, 6.07) is 5.36. The minimum Gasteiger partial charge on any atom is -0.353 e. The Morgan fingerprint density at radius 1 is 1.33 bits per heavy atom. The molecular weight excluding hydrogens is 224 g/mol. The summed E-state index contributed by atoms with van der Waals surface area (Å²) in [4.78, 5) is 2.30. The molecule has 0 aliphatic heterocycles. The maximum absolute atomic E-state index is 4.35. The van der Waals surface area contributed by atoms with Crippen molar-refractivity contribution in [2.24, 2.45) is 0 Å². The fourth-order valence-electron chi connectivity index (χ4n) is 2.01. The minimum absolute atomic E-state index is 0.467. The van der Waals surface area contributed by atoms with Gasteiger partial charge in [-0.15, -0.1) is 5.10 Å². The number of hydrogen-bond donors (Lipinski definition) is 1. The Labute approximate surface area is 110 Å². The van der Waals surface area contributed by atoms with E-state index in [0.717, 1.165) is 37.1 Å². The molecule has 0 bridgehead atoms. The molecule has 1 saturated carbocycles. The van der Waals surface area contributed by atoms with E-state index in [0.29, 0.717) is 6.04 Å². The van der Waals surface area contributed by atoms with E-state index < -0.39 is 0 Å². The summed E-state index contributed by atoms with van der Waals surface area (Å²) in [5.74, 6) is 0.988. The van der Waals surface area contributed by atoms with Gasteiger partial charge in [-0.05, 0) is 45.2 Å². The van der Waals surface area contributed by atoms with E-state index in [2.05, 4.69) is 53.3 Å². The Morgan fingerprint density at radius 3 is 2.61 bits per heavy atom. The molecule has 1 heterocycles. The molecule has 1 aromatic heterocycles. The third kappa shape index (κ3) is 3.67. The molecule has 18 heavy (non-hydrogen) atoms.